The lowest BCUT2D eigenvalue weighted by Gasteiger charge is -1.94. The van der Waals surface area contributed by atoms with Crippen molar-refractivity contribution in [1.29, 1.82) is 0 Å². The summed E-state index contributed by atoms with van der Waals surface area (Å²) >= 11 is 3.30. The highest BCUT2D eigenvalue weighted by Gasteiger charge is 2.06. The smallest absolute Gasteiger partial charge is 0.267 e. The molecular formula is C12H11BrN4O. The predicted molar refractivity (Wildman–Crippen MR) is 75.0 cm³/mol. The van der Waals surface area contributed by atoms with Gasteiger partial charge >= 0.3 is 0 Å². The van der Waals surface area contributed by atoms with Gasteiger partial charge in [0, 0.05) is 26.6 Å². The summed E-state index contributed by atoms with van der Waals surface area (Å²) in [5.41, 5.74) is 11.6. The van der Waals surface area contributed by atoms with Crippen LogP contribution in [0.15, 0.2) is 22.9 Å². The number of halogens is 1. The van der Waals surface area contributed by atoms with Crippen molar-refractivity contribution in [2.45, 2.75) is 0 Å². The molecule has 0 aliphatic rings. The van der Waals surface area contributed by atoms with Crippen molar-refractivity contribution in [2.75, 3.05) is 0 Å². The lowest BCUT2D eigenvalue weighted by Crippen LogP contribution is -2.21. The number of aromatic amines is 1. The number of allylic oxidation sites excluding steroid dienone is 1. The molecule has 5 N–H and O–H groups in total. The fourth-order valence-electron chi connectivity index (χ4n) is 1.66. The van der Waals surface area contributed by atoms with E-state index in [0.29, 0.717) is 9.83 Å². The normalized spacial score (nSPS) is 13.2. The van der Waals surface area contributed by atoms with Crippen LogP contribution < -0.4 is 22.0 Å². The molecule has 1 amide bonds. The number of amides is 1. The first kappa shape index (κ1) is 12.4. The Morgan fingerprint density at radius 2 is 2.28 bits per heavy atom. The summed E-state index contributed by atoms with van der Waals surface area (Å²) in [5, 5.41) is 2.37. The van der Waals surface area contributed by atoms with Crippen LogP contribution in [0.3, 0.4) is 0 Å². The Bertz CT molecular complexity index is 760. The zero-order chi connectivity index (χ0) is 13.3. The summed E-state index contributed by atoms with van der Waals surface area (Å²) in [5.74, 6) is -0.567. The fourth-order valence-corrected chi connectivity index (χ4v) is 1.88. The standard InChI is InChI=1S/C12H11BrN4O/c1-6-8(2-7(13)4-14)9-3-10(12(15)18)16-5-11(9)17-6/h2-5,17H,1,14H2,(H2,15,18)/b7-4+,8-2+. The van der Waals surface area contributed by atoms with Crippen molar-refractivity contribution in [2.24, 2.45) is 11.5 Å². The molecule has 0 saturated carbocycles. The lowest BCUT2D eigenvalue weighted by molar-refractivity contribution is 0.0996. The number of fused-ring (bicyclic) bond motifs is 1. The van der Waals surface area contributed by atoms with E-state index in [0.717, 1.165) is 16.1 Å². The number of primary amides is 1. The number of carbonyl (C=O) groups is 1. The summed E-state index contributed by atoms with van der Waals surface area (Å²) < 4.78 is 0.714. The average Bonchev–Trinajstić information content (AvgIpc) is 2.65. The van der Waals surface area contributed by atoms with E-state index in [1.807, 2.05) is 6.08 Å². The molecule has 0 aromatic carbocycles. The first-order chi connectivity index (χ1) is 8.52. The highest BCUT2D eigenvalue weighted by Crippen LogP contribution is 2.08. The van der Waals surface area contributed by atoms with Crippen molar-refractivity contribution in [1.82, 2.24) is 9.97 Å². The Morgan fingerprint density at radius 1 is 1.56 bits per heavy atom. The number of nitrogens with two attached hydrogens (primary N) is 2. The molecule has 2 aromatic heterocycles. The SMILES string of the molecule is C=c1[nH]c2cnc(C(N)=O)cc2/c1=C/C(Br)=C\N. The Labute approximate surface area is 111 Å². The molecule has 0 fully saturated rings. The van der Waals surface area contributed by atoms with Crippen LogP contribution in [0.5, 0.6) is 0 Å². The van der Waals surface area contributed by atoms with Gasteiger partial charge in [-0.25, -0.2) is 4.98 Å². The highest BCUT2D eigenvalue weighted by atomic mass is 79.9. The molecule has 0 aliphatic heterocycles. The van der Waals surface area contributed by atoms with E-state index in [1.54, 1.807) is 12.3 Å². The van der Waals surface area contributed by atoms with Gasteiger partial charge in [-0.3, -0.25) is 4.79 Å². The Balaban J connectivity index is 2.84. The number of nitrogens with zero attached hydrogens (tertiary/aromatic N) is 1. The number of nitrogens with one attached hydrogen (secondary N) is 1. The second-order valence-electron chi connectivity index (χ2n) is 3.69. The highest BCUT2D eigenvalue weighted by molar-refractivity contribution is 9.12. The van der Waals surface area contributed by atoms with Gasteiger partial charge in [-0.1, -0.05) is 6.58 Å². The van der Waals surface area contributed by atoms with Gasteiger partial charge < -0.3 is 16.5 Å². The van der Waals surface area contributed by atoms with Crippen LogP contribution in [-0.2, 0) is 0 Å². The number of H-pyrrole nitrogens is 1. The minimum atomic E-state index is -0.567. The van der Waals surface area contributed by atoms with Gasteiger partial charge in [0.1, 0.15) is 5.69 Å². The van der Waals surface area contributed by atoms with Crippen molar-refractivity contribution in [3.05, 3.63) is 39.2 Å². The van der Waals surface area contributed by atoms with Crippen molar-refractivity contribution in [3.8, 4) is 0 Å². The Kier molecular flexibility index (Phi) is 3.20. The average molecular weight is 307 g/mol. The van der Waals surface area contributed by atoms with Crippen LogP contribution in [0.25, 0.3) is 23.6 Å². The van der Waals surface area contributed by atoms with Gasteiger partial charge in [-0.15, -0.1) is 0 Å². The monoisotopic (exact) mass is 306 g/mol. The second-order valence-corrected chi connectivity index (χ2v) is 4.61. The summed E-state index contributed by atoms with van der Waals surface area (Å²) in [6.45, 7) is 3.90. The largest absolute Gasteiger partial charge is 0.404 e. The van der Waals surface area contributed by atoms with E-state index in [1.165, 1.54) is 6.20 Å². The molecule has 0 atom stereocenters. The molecule has 0 spiro atoms. The zero-order valence-electron chi connectivity index (χ0n) is 9.40. The van der Waals surface area contributed by atoms with Gasteiger partial charge in [0.15, 0.2) is 0 Å². The van der Waals surface area contributed by atoms with Gasteiger partial charge in [0.25, 0.3) is 5.91 Å². The predicted octanol–water partition coefficient (Wildman–Crippen LogP) is 0.0476. The third kappa shape index (κ3) is 2.14. The van der Waals surface area contributed by atoms with Crippen LogP contribution in [0.4, 0.5) is 0 Å². The molecule has 6 heteroatoms. The number of carbonyl (C=O) groups excluding carboxylic acids is 1. The van der Waals surface area contributed by atoms with E-state index in [-0.39, 0.29) is 5.69 Å². The van der Waals surface area contributed by atoms with Crippen LogP contribution in [0.1, 0.15) is 10.5 Å². The summed E-state index contributed by atoms with van der Waals surface area (Å²) in [6, 6.07) is 1.63. The molecule has 5 nitrogen and oxygen atoms in total. The van der Waals surface area contributed by atoms with E-state index < -0.39 is 5.91 Å². The maximum Gasteiger partial charge on any atom is 0.267 e. The zero-order valence-corrected chi connectivity index (χ0v) is 11.0. The molecule has 2 aromatic rings. The van der Waals surface area contributed by atoms with Crippen LogP contribution in [-0.4, -0.2) is 15.9 Å². The van der Waals surface area contributed by atoms with E-state index in [4.69, 9.17) is 11.5 Å². The fraction of sp³-hybridized carbons (Fsp3) is 0. The summed E-state index contributed by atoms with van der Waals surface area (Å²) in [6.07, 6.45) is 4.79. The first-order valence-electron chi connectivity index (χ1n) is 5.08. The number of hydrogen-bond acceptors (Lipinski definition) is 3. The van der Waals surface area contributed by atoms with Crippen LogP contribution in [0, 0.1) is 0 Å². The summed E-state index contributed by atoms with van der Waals surface area (Å²) in [7, 11) is 0. The Hall–Kier alpha value is -2.08. The molecule has 2 heterocycles. The number of hydrogen-bond donors (Lipinski definition) is 3. The van der Waals surface area contributed by atoms with Crippen LogP contribution in [0.2, 0.25) is 0 Å². The van der Waals surface area contributed by atoms with Crippen molar-refractivity contribution < 1.29 is 4.79 Å². The van der Waals surface area contributed by atoms with Crippen LogP contribution >= 0.6 is 15.9 Å². The molecular weight excluding hydrogens is 296 g/mol. The second kappa shape index (κ2) is 4.66. The van der Waals surface area contributed by atoms with Gasteiger partial charge in [0.05, 0.1) is 11.7 Å². The molecule has 0 aliphatic carbocycles. The van der Waals surface area contributed by atoms with E-state index >= 15 is 0 Å². The molecule has 0 saturated heterocycles. The molecule has 2 rings (SSSR count). The van der Waals surface area contributed by atoms with Gasteiger partial charge in [0.2, 0.25) is 0 Å². The topological polar surface area (TPSA) is 97.8 Å². The first-order valence-corrected chi connectivity index (χ1v) is 5.88. The lowest BCUT2D eigenvalue weighted by atomic mass is 10.2. The molecule has 18 heavy (non-hydrogen) atoms. The van der Waals surface area contributed by atoms with E-state index in [2.05, 4.69) is 32.5 Å². The van der Waals surface area contributed by atoms with Crippen molar-refractivity contribution in [3.63, 3.8) is 0 Å². The molecule has 0 unspecified atom stereocenters. The minimum absolute atomic E-state index is 0.212. The van der Waals surface area contributed by atoms with E-state index in [9.17, 15) is 4.79 Å². The maximum atomic E-state index is 11.1. The van der Waals surface area contributed by atoms with Crippen molar-refractivity contribution >= 4 is 45.4 Å². The quantitative estimate of drug-likeness (QED) is 0.731. The molecule has 0 radical (unpaired) electrons. The summed E-state index contributed by atoms with van der Waals surface area (Å²) in [4.78, 5) is 18.2. The molecule has 92 valence electrons. The maximum absolute atomic E-state index is 11.1. The number of pyridine rings is 1. The third-order valence-electron chi connectivity index (χ3n) is 2.50. The molecule has 0 bridgehead atoms. The van der Waals surface area contributed by atoms with Gasteiger partial charge in [-0.2, -0.15) is 0 Å². The third-order valence-corrected chi connectivity index (χ3v) is 2.99. The minimum Gasteiger partial charge on any atom is -0.404 e. The van der Waals surface area contributed by atoms with Gasteiger partial charge in [-0.05, 0) is 28.1 Å². The Morgan fingerprint density at radius 3 is 2.89 bits per heavy atom. The number of aromatic nitrogens is 2. The number of rotatable bonds is 2.